The number of aromatic nitrogens is 3. The Morgan fingerprint density at radius 2 is 2.06 bits per heavy atom. The summed E-state index contributed by atoms with van der Waals surface area (Å²) in [5.41, 5.74) is 1.46. The van der Waals surface area contributed by atoms with Crippen molar-refractivity contribution in [1.29, 1.82) is 0 Å². The molecule has 1 aromatic carbocycles. The molecule has 5 heteroatoms. The van der Waals surface area contributed by atoms with E-state index < -0.39 is 0 Å². The lowest BCUT2D eigenvalue weighted by atomic mass is 9.93. The third-order valence-corrected chi connectivity index (χ3v) is 3.15. The molecule has 0 radical (unpaired) electrons. The van der Waals surface area contributed by atoms with Crippen LogP contribution in [-0.2, 0) is 12.0 Å². The third-order valence-electron chi connectivity index (χ3n) is 2.65. The summed E-state index contributed by atoms with van der Waals surface area (Å²) in [6.45, 7) is 6.60. The second kappa shape index (κ2) is 4.80. The summed E-state index contributed by atoms with van der Waals surface area (Å²) >= 11 is 3.24. The van der Waals surface area contributed by atoms with Crippen molar-refractivity contribution in [2.24, 2.45) is 0 Å². The summed E-state index contributed by atoms with van der Waals surface area (Å²) in [4.78, 5) is 0. The summed E-state index contributed by atoms with van der Waals surface area (Å²) in [5, 5.41) is 8.14. The number of rotatable bonds is 2. The Morgan fingerprint density at radius 3 is 2.61 bits per heavy atom. The van der Waals surface area contributed by atoms with Gasteiger partial charge in [0.25, 0.3) is 0 Å². The van der Waals surface area contributed by atoms with E-state index in [0.29, 0.717) is 12.1 Å². The number of hydrogen-bond donors (Lipinski definition) is 0. The first-order valence-corrected chi connectivity index (χ1v) is 6.50. The van der Waals surface area contributed by atoms with Gasteiger partial charge in [-0.2, -0.15) is 0 Å². The van der Waals surface area contributed by atoms with Crippen LogP contribution in [0.2, 0.25) is 0 Å². The normalized spacial score (nSPS) is 11.8. The second-order valence-corrected chi connectivity index (χ2v) is 6.20. The lowest BCUT2D eigenvalue weighted by molar-refractivity contribution is 0.565. The second-order valence-electron chi connectivity index (χ2n) is 5.29. The van der Waals surface area contributed by atoms with Crippen molar-refractivity contribution in [2.45, 2.75) is 32.7 Å². The van der Waals surface area contributed by atoms with Crippen LogP contribution in [0, 0.1) is 5.82 Å². The lowest BCUT2D eigenvalue weighted by Gasteiger charge is -2.12. The zero-order valence-corrected chi connectivity index (χ0v) is 12.2. The molecule has 2 rings (SSSR count). The van der Waals surface area contributed by atoms with Crippen LogP contribution in [0.3, 0.4) is 0 Å². The largest absolute Gasteiger partial charge is 0.248 e. The minimum atomic E-state index is -0.239. The fraction of sp³-hybridized carbons (Fsp3) is 0.385. The summed E-state index contributed by atoms with van der Waals surface area (Å²) < 4.78 is 16.1. The fourth-order valence-corrected chi connectivity index (χ4v) is 1.88. The molecular weight excluding hydrogens is 297 g/mol. The fourth-order valence-electron chi connectivity index (χ4n) is 1.54. The van der Waals surface area contributed by atoms with E-state index in [1.54, 1.807) is 10.7 Å². The van der Waals surface area contributed by atoms with Crippen LogP contribution in [0.25, 0.3) is 0 Å². The summed E-state index contributed by atoms with van der Waals surface area (Å²) in [6, 6.07) is 5.02. The Balaban J connectivity index is 2.21. The molecule has 0 unspecified atom stereocenters. The van der Waals surface area contributed by atoms with Crippen LogP contribution in [0.15, 0.2) is 28.9 Å². The average Bonchev–Trinajstić information content (AvgIpc) is 2.70. The van der Waals surface area contributed by atoms with Gasteiger partial charge in [0.2, 0.25) is 0 Å². The number of benzene rings is 1. The molecule has 18 heavy (non-hydrogen) atoms. The minimum absolute atomic E-state index is 0.0451. The summed E-state index contributed by atoms with van der Waals surface area (Å²) in [7, 11) is 0. The highest BCUT2D eigenvalue weighted by Gasteiger charge is 2.18. The van der Waals surface area contributed by atoms with Crippen LogP contribution in [-0.4, -0.2) is 15.0 Å². The molecule has 1 aromatic heterocycles. The van der Waals surface area contributed by atoms with Gasteiger partial charge in [-0.1, -0.05) is 48.0 Å². The van der Waals surface area contributed by atoms with Crippen molar-refractivity contribution in [3.63, 3.8) is 0 Å². The molecule has 3 nitrogen and oxygen atoms in total. The predicted molar refractivity (Wildman–Crippen MR) is 71.9 cm³/mol. The number of nitrogens with zero attached hydrogens (tertiary/aromatic N) is 3. The van der Waals surface area contributed by atoms with E-state index in [9.17, 15) is 4.39 Å². The molecule has 0 spiro atoms. The maximum atomic E-state index is 13.7. The first-order valence-electron chi connectivity index (χ1n) is 5.71. The lowest BCUT2D eigenvalue weighted by Crippen LogP contribution is -2.11. The van der Waals surface area contributed by atoms with Gasteiger partial charge in [-0.3, -0.25) is 0 Å². The zero-order valence-electron chi connectivity index (χ0n) is 10.6. The van der Waals surface area contributed by atoms with Gasteiger partial charge in [-0.25, -0.2) is 9.07 Å². The highest BCUT2D eigenvalue weighted by molar-refractivity contribution is 9.10. The van der Waals surface area contributed by atoms with Gasteiger partial charge >= 0.3 is 0 Å². The molecule has 0 amide bonds. The topological polar surface area (TPSA) is 30.7 Å². The zero-order chi connectivity index (χ0) is 13.3. The molecule has 2 aromatic rings. The molecule has 0 bridgehead atoms. The summed E-state index contributed by atoms with van der Waals surface area (Å²) in [5.74, 6) is -0.239. The standard InChI is InChI=1S/C13H15BrFN3/c1-13(2,3)12-8-18(17-16-12)7-9-4-5-10(14)6-11(9)15/h4-6,8H,7H2,1-3H3. The predicted octanol–water partition coefficient (Wildman–Crippen LogP) is 3.53. The molecular formula is C13H15BrFN3. The van der Waals surface area contributed by atoms with Gasteiger partial charge in [0.15, 0.2) is 0 Å². The van der Waals surface area contributed by atoms with Gasteiger partial charge in [0, 0.05) is 21.6 Å². The van der Waals surface area contributed by atoms with Crippen LogP contribution in [0.4, 0.5) is 4.39 Å². The molecule has 0 aliphatic carbocycles. The van der Waals surface area contributed by atoms with Crippen LogP contribution >= 0.6 is 15.9 Å². The maximum Gasteiger partial charge on any atom is 0.129 e. The first kappa shape index (κ1) is 13.2. The van der Waals surface area contributed by atoms with Crippen LogP contribution in [0.5, 0.6) is 0 Å². The molecule has 96 valence electrons. The Kier molecular flexibility index (Phi) is 3.52. The van der Waals surface area contributed by atoms with Crippen LogP contribution in [0.1, 0.15) is 32.0 Å². The van der Waals surface area contributed by atoms with E-state index in [2.05, 4.69) is 47.0 Å². The Morgan fingerprint density at radius 1 is 1.33 bits per heavy atom. The van der Waals surface area contributed by atoms with Gasteiger partial charge in [-0.15, -0.1) is 5.10 Å². The van der Waals surface area contributed by atoms with Crippen molar-refractivity contribution in [1.82, 2.24) is 15.0 Å². The van der Waals surface area contributed by atoms with Gasteiger partial charge in [0.1, 0.15) is 5.82 Å². The molecule has 1 heterocycles. The van der Waals surface area contributed by atoms with Crippen molar-refractivity contribution in [3.8, 4) is 0 Å². The molecule has 0 N–H and O–H groups in total. The van der Waals surface area contributed by atoms with Gasteiger partial charge in [-0.05, 0) is 12.1 Å². The van der Waals surface area contributed by atoms with E-state index in [1.165, 1.54) is 6.07 Å². The average molecular weight is 312 g/mol. The van der Waals surface area contributed by atoms with E-state index in [-0.39, 0.29) is 11.2 Å². The van der Waals surface area contributed by atoms with Crippen molar-refractivity contribution in [2.75, 3.05) is 0 Å². The number of hydrogen-bond acceptors (Lipinski definition) is 2. The van der Waals surface area contributed by atoms with Gasteiger partial charge < -0.3 is 0 Å². The molecule has 0 atom stereocenters. The van der Waals surface area contributed by atoms with Crippen molar-refractivity contribution >= 4 is 15.9 Å². The Bertz CT molecular complexity index is 558. The van der Waals surface area contributed by atoms with Crippen molar-refractivity contribution < 1.29 is 4.39 Å². The smallest absolute Gasteiger partial charge is 0.129 e. The first-order chi connectivity index (χ1) is 8.36. The third kappa shape index (κ3) is 2.96. The van der Waals surface area contributed by atoms with Gasteiger partial charge in [0.05, 0.1) is 12.2 Å². The highest BCUT2D eigenvalue weighted by Crippen LogP contribution is 2.20. The Labute approximate surface area is 114 Å². The molecule has 0 fully saturated rings. The monoisotopic (exact) mass is 311 g/mol. The summed E-state index contributed by atoms with van der Waals surface area (Å²) in [6.07, 6.45) is 1.86. The molecule has 0 aliphatic rings. The quantitative estimate of drug-likeness (QED) is 0.849. The SMILES string of the molecule is CC(C)(C)c1cn(Cc2ccc(Br)cc2F)nn1. The highest BCUT2D eigenvalue weighted by atomic mass is 79.9. The van der Waals surface area contributed by atoms with E-state index in [0.717, 1.165) is 10.2 Å². The van der Waals surface area contributed by atoms with E-state index in [1.807, 2.05) is 12.3 Å². The maximum absolute atomic E-state index is 13.7. The molecule has 0 saturated heterocycles. The van der Waals surface area contributed by atoms with E-state index in [4.69, 9.17) is 0 Å². The van der Waals surface area contributed by atoms with E-state index >= 15 is 0 Å². The number of halogens is 2. The minimum Gasteiger partial charge on any atom is -0.248 e. The molecule has 0 saturated carbocycles. The Hall–Kier alpha value is -1.23. The van der Waals surface area contributed by atoms with Crippen LogP contribution < -0.4 is 0 Å². The molecule has 0 aliphatic heterocycles. The van der Waals surface area contributed by atoms with Crippen molar-refractivity contribution in [3.05, 3.63) is 45.9 Å².